The van der Waals surface area contributed by atoms with E-state index in [1.54, 1.807) is 11.3 Å². The van der Waals surface area contributed by atoms with Gasteiger partial charge in [-0.3, -0.25) is 4.79 Å². The standard InChI is InChI=1S/C15H22ClNOS2/c1-15(2,3)13(4-6-16)17-14(18)12-8-10-9-19-7-5-11(10)20-12/h8,13H,4-7,9H2,1-3H3,(H,17,18). The molecule has 112 valence electrons. The van der Waals surface area contributed by atoms with Crippen molar-refractivity contribution < 1.29 is 4.79 Å². The minimum absolute atomic E-state index is 0.0251. The molecule has 0 saturated carbocycles. The highest BCUT2D eigenvalue weighted by Gasteiger charge is 2.27. The number of nitrogens with one attached hydrogen (secondary N) is 1. The molecule has 1 unspecified atom stereocenters. The molecule has 1 aromatic heterocycles. The van der Waals surface area contributed by atoms with Crippen molar-refractivity contribution >= 4 is 40.6 Å². The molecule has 1 aliphatic rings. The molecule has 2 rings (SSSR count). The first kappa shape index (κ1) is 16.2. The van der Waals surface area contributed by atoms with Gasteiger partial charge in [-0.2, -0.15) is 11.8 Å². The largest absolute Gasteiger partial charge is 0.348 e. The second-order valence-corrected chi connectivity index (χ2v) is 8.85. The van der Waals surface area contributed by atoms with Gasteiger partial charge in [0.2, 0.25) is 0 Å². The van der Waals surface area contributed by atoms with Gasteiger partial charge in [0.15, 0.2) is 0 Å². The Kier molecular flexibility index (Phi) is 5.43. The first-order valence-electron chi connectivity index (χ1n) is 6.98. The molecular weight excluding hydrogens is 310 g/mol. The fraction of sp³-hybridized carbons (Fsp3) is 0.667. The molecule has 0 fully saturated rings. The minimum atomic E-state index is 0.0251. The number of hydrogen-bond acceptors (Lipinski definition) is 3. The second kappa shape index (κ2) is 6.71. The van der Waals surface area contributed by atoms with Gasteiger partial charge in [-0.05, 0) is 35.6 Å². The molecule has 1 N–H and O–H groups in total. The van der Waals surface area contributed by atoms with E-state index in [1.165, 1.54) is 16.2 Å². The average molecular weight is 332 g/mol. The highest BCUT2D eigenvalue weighted by molar-refractivity contribution is 7.98. The average Bonchev–Trinajstić information content (AvgIpc) is 2.80. The predicted molar refractivity (Wildman–Crippen MR) is 90.2 cm³/mol. The number of carbonyl (C=O) groups is 1. The molecule has 2 nitrogen and oxygen atoms in total. The van der Waals surface area contributed by atoms with Crippen LogP contribution in [0.5, 0.6) is 0 Å². The van der Waals surface area contributed by atoms with E-state index in [1.807, 2.05) is 11.8 Å². The van der Waals surface area contributed by atoms with Crippen molar-refractivity contribution in [2.24, 2.45) is 5.41 Å². The number of aryl methyl sites for hydroxylation is 1. The molecule has 0 aliphatic carbocycles. The van der Waals surface area contributed by atoms with Crippen molar-refractivity contribution in [2.75, 3.05) is 11.6 Å². The monoisotopic (exact) mass is 331 g/mol. The normalized spacial score (nSPS) is 16.6. The highest BCUT2D eigenvalue weighted by Crippen LogP contribution is 2.32. The third-order valence-corrected chi connectivity index (χ3v) is 6.06. The fourth-order valence-electron chi connectivity index (χ4n) is 2.32. The number of amides is 1. The van der Waals surface area contributed by atoms with Crippen LogP contribution in [-0.4, -0.2) is 23.6 Å². The van der Waals surface area contributed by atoms with E-state index in [9.17, 15) is 4.79 Å². The van der Waals surface area contributed by atoms with Gasteiger partial charge < -0.3 is 5.32 Å². The summed E-state index contributed by atoms with van der Waals surface area (Å²) in [5.74, 6) is 2.84. The first-order chi connectivity index (χ1) is 9.41. The van der Waals surface area contributed by atoms with Gasteiger partial charge in [-0.1, -0.05) is 20.8 Å². The van der Waals surface area contributed by atoms with Crippen molar-refractivity contribution in [3.63, 3.8) is 0 Å². The summed E-state index contributed by atoms with van der Waals surface area (Å²) in [5.41, 5.74) is 1.37. The smallest absolute Gasteiger partial charge is 0.261 e. The maximum atomic E-state index is 12.4. The molecule has 5 heteroatoms. The van der Waals surface area contributed by atoms with Gasteiger partial charge >= 0.3 is 0 Å². The summed E-state index contributed by atoms with van der Waals surface area (Å²) >= 11 is 9.47. The van der Waals surface area contributed by atoms with Gasteiger partial charge in [-0.25, -0.2) is 0 Å². The van der Waals surface area contributed by atoms with Gasteiger partial charge in [0.05, 0.1) is 4.88 Å². The highest BCUT2D eigenvalue weighted by atomic mass is 35.5. The van der Waals surface area contributed by atoms with Crippen LogP contribution in [0.15, 0.2) is 6.07 Å². The lowest BCUT2D eigenvalue weighted by Crippen LogP contribution is -2.43. The minimum Gasteiger partial charge on any atom is -0.348 e. The van der Waals surface area contributed by atoms with Gasteiger partial charge in [0.1, 0.15) is 0 Å². The first-order valence-corrected chi connectivity index (χ1v) is 9.48. The van der Waals surface area contributed by atoms with Crippen LogP contribution in [0.25, 0.3) is 0 Å². The SMILES string of the molecule is CC(C)(C)C(CCCl)NC(=O)c1cc2c(s1)CCSC2. The molecule has 20 heavy (non-hydrogen) atoms. The summed E-state index contributed by atoms with van der Waals surface area (Å²) in [5, 5.41) is 3.16. The van der Waals surface area contributed by atoms with Crippen LogP contribution in [0.2, 0.25) is 0 Å². The number of thioether (sulfide) groups is 1. The van der Waals surface area contributed by atoms with E-state index >= 15 is 0 Å². The number of fused-ring (bicyclic) bond motifs is 1. The Labute approximate surface area is 134 Å². The van der Waals surface area contributed by atoms with Crippen molar-refractivity contribution in [3.8, 4) is 0 Å². The third-order valence-electron chi connectivity index (χ3n) is 3.60. The second-order valence-electron chi connectivity index (χ2n) is 6.23. The van der Waals surface area contributed by atoms with Crippen LogP contribution in [-0.2, 0) is 12.2 Å². The maximum absolute atomic E-state index is 12.4. The quantitative estimate of drug-likeness (QED) is 0.833. The number of halogens is 1. The number of carbonyl (C=O) groups excluding carboxylic acids is 1. The Hall–Kier alpha value is -0.190. The summed E-state index contributed by atoms with van der Waals surface area (Å²) < 4.78 is 0. The molecule has 0 spiro atoms. The number of thiophene rings is 1. The van der Waals surface area contributed by atoms with Crippen LogP contribution in [0.4, 0.5) is 0 Å². The molecule has 0 radical (unpaired) electrons. The summed E-state index contributed by atoms with van der Waals surface area (Å²) in [6.07, 6.45) is 1.90. The molecule has 1 atom stereocenters. The zero-order valence-corrected chi connectivity index (χ0v) is 14.7. The lowest BCUT2D eigenvalue weighted by atomic mass is 9.85. The predicted octanol–water partition coefficient (Wildman–Crippen LogP) is 4.31. The van der Waals surface area contributed by atoms with Crippen LogP contribution in [0, 0.1) is 5.41 Å². The molecule has 2 heterocycles. The molecular formula is C15H22ClNOS2. The Morgan fingerprint density at radius 1 is 1.50 bits per heavy atom. The maximum Gasteiger partial charge on any atom is 0.261 e. The topological polar surface area (TPSA) is 29.1 Å². The van der Waals surface area contributed by atoms with E-state index < -0.39 is 0 Å². The van der Waals surface area contributed by atoms with Crippen molar-refractivity contribution in [1.82, 2.24) is 5.32 Å². The number of alkyl halides is 1. The van der Waals surface area contributed by atoms with Crippen LogP contribution >= 0.6 is 34.7 Å². The summed E-state index contributed by atoms with van der Waals surface area (Å²) in [6.45, 7) is 6.42. The van der Waals surface area contributed by atoms with E-state index in [2.05, 4.69) is 32.2 Å². The third kappa shape index (κ3) is 3.92. The van der Waals surface area contributed by atoms with Gasteiger partial charge in [0, 0.05) is 22.6 Å². The van der Waals surface area contributed by atoms with Crippen molar-refractivity contribution in [1.29, 1.82) is 0 Å². The lowest BCUT2D eigenvalue weighted by molar-refractivity contribution is 0.0904. The summed E-state index contributed by atoms with van der Waals surface area (Å²) in [4.78, 5) is 14.7. The van der Waals surface area contributed by atoms with Crippen LogP contribution < -0.4 is 5.32 Å². The Balaban J connectivity index is 2.08. The molecule has 0 bridgehead atoms. The number of hydrogen-bond donors (Lipinski definition) is 1. The zero-order chi connectivity index (χ0) is 14.8. The fourth-order valence-corrected chi connectivity index (χ4v) is 4.81. The lowest BCUT2D eigenvalue weighted by Gasteiger charge is -2.30. The molecule has 1 aromatic rings. The Morgan fingerprint density at radius 3 is 2.85 bits per heavy atom. The summed E-state index contributed by atoms with van der Waals surface area (Å²) in [6, 6.07) is 2.18. The molecule has 1 aliphatic heterocycles. The molecule has 1 amide bonds. The van der Waals surface area contributed by atoms with Crippen LogP contribution in [0.1, 0.15) is 47.3 Å². The molecule has 0 saturated heterocycles. The van der Waals surface area contributed by atoms with E-state index in [0.717, 1.165) is 23.5 Å². The summed E-state index contributed by atoms with van der Waals surface area (Å²) in [7, 11) is 0. The van der Waals surface area contributed by atoms with Crippen molar-refractivity contribution in [2.45, 2.75) is 45.4 Å². The number of rotatable bonds is 4. The van der Waals surface area contributed by atoms with E-state index in [4.69, 9.17) is 11.6 Å². The Bertz CT molecular complexity index is 455. The zero-order valence-electron chi connectivity index (χ0n) is 12.3. The van der Waals surface area contributed by atoms with E-state index in [0.29, 0.717) is 5.88 Å². The van der Waals surface area contributed by atoms with Crippen LogP contribution in [0.3, 0.4) is 0 Å². The van der Waals surface area contributed by atoms with E-state index in [-0.39, 0.29) is 17.4 Å². The van der Waals surface area contributed by atoms with Gasteiger partial charge in [-0.15, -0.1) is 22.9 Å². The van der Waals surface area contributed by atoms with Crippen molar-refractivity contribution in [3.05, 3.63) is 21.4 Å². The Morgan fingerprint density at radius 2 is 2.25 bits per heavy atom. The van der Waals surface area contributed by atoms with Gasteiger partial charge in [0.25, 0.3) is 5.91 Å². The molecule has 0 aromatic carbocycles.